The first-order valence-electron chi connectivity index (χ1n) is 8.02. The molecule has 0 saturated carbocycles. The lowest BCUT2D eigenvalue weighted by Gasteiger charge is -2.10. The largest absolute Gasteiger partial charge is 0.504 e. The monoisotopic (exact) mass is 420 g/mol. The molecular formula is C19H21BrN2O4. The summed E-state index contributed by atoms with van der Waals surface area (Å²) in [6.07, 6.45) is 1.42. The topological polar surface area (TPSA) is 80.2 Å². The van der Waals surface area contributed by atoms with E-state index in [9.17, 15) is 9.90 Å². The van der Waals surface area contributed by atoms with Gasteiger partial charge in [0.15, 0.2) is 18.1 Å². The lowest BCUT2D eigenvalue weighted by molar-refractivity contribution is -0.123. The van der Waals surface area contributed by atoms with E-state index < -0.39 is 0 Å². The third-order valence-electron chi connectivity index (χ3n) is 3.59. The Balaban J connectivity index is 1.86. The van der Waals surface area contributed by atoms with E-state index in [1.165, 1.54) is 25.0 Å². The van der Waals surface area contributed by atoms with Crippen molar-refractivity contribution in [1.82, 2.24) is 5.43 Å². The molecule has 26 heavy (non-hydrogen) atoms. The molecule has 0 spiro atoms. The van der Waals surface area contributed by atoms with Gasteiger partial charge >= 0.3 is 0 Å². The molecule has 0 aliphatic heterocycles. The Kier molecular flexibility index (Phi) is 7.03. The van der Waals surface area contributed by atoms with Crippen LogP contribution in [-0.2, 0) is 4.79 Å². The van der Waals surface area contributed by atoms with Crippen LogP contribution in [0.3, 0.4) is 0 Å². The molecule has 0 atom stereocenters. The summed E-state index contributed by atoms with van der Waals surface area (Å²) in [6.45, 7) is 4.05. The second-order valence-corrected chi connectivity index (χ2v) is 6.71. The van der Waals surface area contributed by atoms with Gasteiger partial charge in [-0.3, -0.25) is 4.79 Å². The van der Waals surface area contributed by atoms with Gasteiger partial charge in [0.05, 0.1) is 17.8 Å². The van der Waals surface area contributed by atoms with Crippen LogP contribution in [0, 0.1) is 0 Å². The first-order valence-corrected chi connectivity index (χ1v) is 8.81. The Morgan fingerprint density at radius 1 is 1.27 bits per heavy atom. The standard InChI is InChI=1S/C19H21BrN2O4/c1-12(2)14-5-7-17(15(20)9-14)26-11-19(24)22-21-10-13-4-6-18(25-3)16(23)8-13/h4-10,12,23H,11H2,1-3H3,(H,22,24). The van der Waals surface area contributed by atoms with Gasteiger partial charge in [0.2, 0.25) is 0 Å². The maximum absolute atomic E-state index is 11.8. The van der Waals surface area contributed by atoms with Gasteiger partial charge in [-0.15, -0.1) is 0 Å². The molecule has 0 bridgehead atoms. The van der Waals surface area contributed by atoms with Crippen LogP contribution in [0.4, 0.5) is 0 Å². The Morgan fingerprint density at radius 2 is 2.00 bits per heavy atom. The SMILES string of the molecule is COc1ccc(C=NNC(=O)COc2ccc(C(C)C)cc2Br)cc1O. The smallest absolute Gasteiger partial charge is 0.277 e. The highest BCUT2D eigenvalue weighted by molar-refractivity contribution is 9.10. The van der Waals surface area contributed by atoms with Crippen LogP contribution in [0.2, 0.25) is 0 Å². The zero-order chi connectivity index (χ0) is 19.1. The van der Waals surface area contributed by atoms with E-state index in [0.29, 0.717) is 23.0 Å². The summed E-state index contributed by atoms with van der Waals surface area (Å²) in [6, 6.07) is 10.6. The Morgan fingerprint density at radius 3 is 2.62 bits per heavy atom. The molecule has 138 valence electrons. The Bertz CT molecular complexity index is 806. The Labute approximate surface area is 161 Å². The van der Waals surface area contributed by atoms with E-state index in [4.69, 9.17) is 9.47 Å². The highest BCUT2D eigenvalue weighted by Crippen LogP contribution is 2.29. The average Bonchev–Trinajstić information content (AvgIpc) is 2.60. The Hall–Kier alpha value is -2.54. The van der Waals surface area contributed by atoms with Gasteiger partial charge in [-0.1, -0.05) is 19.9 Å². The number of hydrogen-bond acceptors (Lipinski definition) is 5. The molecule has 1 amide bonds. The molecule has 0 saturated heterocycles. The van der Waals surface area contributed by atoms with Crippen molar-refractivity contribution in [3.63, 3.8) is 0 Å². The third-order valence-corrected chi connectivity index (χ3v) is 4.21. The number of aromatic hydroxyl groups is 1. The summed E-state index contributed by atoms with van der Waals surface area (Å²) in [5.74, 6) is 0.984. The van der Waals surface area contributed by atoms with E-state index >= 15 is 0 Å². The second-order valence-electron chi connectivity index (χ2n) is 5.86. The fourth-order valence-electron chi connectivity index (χ4n) is 2.13. The maximum atomic E-state index is 11.8. The van der Waals surface area contributed by atoms with Crippen molar-refractivity contribution >= 4 is 28.1 Å². The van der Waals surface area contributed by atoms with E-state index in [-0.39, 0.29) is 18.3 Å². The quantitative estimate of drug-likeness (QED) is 0.526. The van der Waals surface area contributed by atoms with Crippen molar-refractivity contribution in [2.75, 3.05) is 13.7 Å². The number of hydrazone groups is 1. The number of methoxy groups -OCH3 is 1. The predicted molar refractivity (Wildman–Crippen MR) is 104 cm³/mol. The number of ether oxygens (including phenoxy) is 2. The van der Waals surface area contributed by atoms with Gasteiger partial charge in [0, 0.05) is 0 Å². The summed E-state index contributed by atoms with van der Waals surface area (Å²) in [7, 11) is 1.47. The van der Waals surface area contributed by atoms with Crippen molar-refractivity contribution in [3.05, 3.63) is 52.0 Å². The van der Waals surface area contributed by atoms with Gasteiger partial charge in [0.1, 0.15) is 5.75 Å². The van der Waals surface area contributed by atoms with Crippen LogP contribution in [0.25, 0.3) is 0 Å². The fourth-order valence-corrected chi connectivity index (χ4v) is 2.65. The normalized spacial score (nSPS) is 11.0. The third kappa shape index (κ3) is 5.49. The second kappa shape index (κ2) is 9.24. The maximum Gasteiger partial charge on any atom is 0.277 e. The number of carbonyl (C=O) groups is 1. The molecule has 0 heterocycles. The van der Waals surface area contributed by atoms with Crippen molar-refractivity contribution in [1.29, 1.82) is 0 Å². The van der Waals surface area contributed by atoms with Crippen molar-refractivity contribution in [2.45, 2.75) is 19.8 Å². The molecule has 0 aliphatic rings. The number of carbonyl (C=O) groups excluding carboxylic acids is 1. The number of phenolic OH excluding ortho intramolecular Hbond substituents is 1. The van der Waals surface area contributed by atoms with Crippen LogP contribution in [0.5, 0.6) is 17.2 Å². The highest BCUT2D eigenvalue weighted by atomic mass is 79.9. The first kappa shape index (κ1) is 19.8. The van der Waals surface area contributed by atoms with Crippen molar-refractivity contribution in [3.8, 4) is 17.2 Å². The molecule has 2 aromatic rings. The molecule has 0 radical (unpaired) electrons. The van der Waals surface area contributed by atoms with Crippen LogP contribution in [0.1, 0.15) is 30.9 Å². The minimum Gasteiger partial charge on any atom is -0.504 e. The van der Waals surface area contributed by atoms with Gasteiger partial charge in [-0.2, -0.15) is 5.10 Å². The molecule has 2 aromatic carbocycles. The van der Waals surface area contributed by atoms with Gasteiger partial charge in [-0.25, -0.2) is 5.43 Å². The minimum absolute atomic E-state index is 0.000745. The lowest BCUT2D eigenvalue weighted by Crippen LogP contribution is -2.24. The van der Waals surface area contributed by atoms with Crippen molar-refractivity contribution < 1.29 is 19.4 Å². The fraction of sp³-hybridized carbons (Fsp3) is 0.263. The van der Waals surface area contributed by atoms with Crippen LogP contribution in [-0.4, -0.2) is 30.9 Å². The zero-order valence-electron chi connectivity index (χ0n) is 14.8. The molecule has 6 nitrogen and oxygen atoms in total. The van der Waals surface area contributed by atoms with E-state index in [1.54, 1.807) is 12.1 Å². The number of benzene rings is 2. The average molecular weight is 421 g/mol. The molecule has 2 N–H and O–H groups in total. The molecule has 0 unspecified atom stereocenters. The lowest BCUT2D eigenvalue weighted by atomic mass is 10.0. The highest BCUT2D eigenvalue weighted by Gasteiger charge is 2.08. The minimum atomic E-state index is -0.390. The predicted octanol–water partition coefficient (Wildman–Crippen LogP) is 3.82. The van der Waals surface area contributed by atoms with Gasteiger partial charge in [0.25, 0.3) is 5.91 Å². The molecule has 0 aliphatic carbocycles. The number of nitrogens with one attached hydrogen (secondary N) is 1. The van der Waals surface area contributed by atoms with E-state index in [1.807, 2.05) is 18.2 Å². The number of halogens is 1. The number of amides is 1. The van der Waals surface area contributed by atoms with Gasteiger partial charge < -0.3 is 14.6 Å². The summed E-state index contributed by atoms with van der Waals surface area (Å²) >= 11 is 3.45. The molecular weight excluding hydrogens is 400 g/mol. The molecule has 0 aromatic heterocycles. The first-order chi connectivity index (χ1) is 12.4. The molecule has 7 heteroatoms. The van der Waals surface area contributed by atoms with E-state index in [0.717, 1.165) is 4.47 Å². The zero-order valence-corrected chi connectivity index (χ0v) is 16.4. The van der Waals surface area contributed by atoms with E-state index in [2.05, 4.69) is 40.3 Å². The number of phenols is 1. The summed E-state index contributed by atoms with van der Waals surface area (Å²) in [5.41, 5.74) is 4.18. The molecule has 2 rings (SSSR count). The van der Waals surface area contributed by atoms with Crippen LogP contribution < -0.4 is 14.9 Å². The summed E-state index contributed by atoms with van der Waals surface area (Å²) in [5, 5.41) is 13.5. The van der Waals surface area contributed by atoms with Crippen molar-refractivity contribution in [2.24, 2.45) is 5.10 Å². The number of hydrogen-bond donors (Lipinski definition) is 2. The summed E-state index contributed by atoms with van der Waals surface area (Å²) in [4.78, 5) is 11.8. The van der Waals surface area contributed by atoms with Gasteiger partial charge in [-0.05, 0) is 63.3 Å². The number of nitrogens with zero attached hydrogens (tertiary/aromatic N) is 1. The van der Waals surface area contributed by atoms with Crippen LogP contribution >= 0.6 is 15.9 Å². The molecule has 0 fully saturated rings. The number of rotatable bonds is 7. The summed E-state index contributed by atoms with van der Waals surface area (Å²) < 4.78 is 11.3. The van der Waals surface area contributed by atoms with Crippen LogP contribution in [0.15, 0.2) is 46.0 Å².